The van der Waals surface area contributed by atoms with Gasteiger partial charge in [0.25, 0.3) is 5.91 Å². The Bertz CT molecular complexity index is 448. The van der Waals surface area contributed by atoms with Crippen LogP contribution in [-0.4, -0.2) is 35.0 Å². The molecule has 1 rings (SSSR count). The molecule has 0 aliphatic rings. The monoisotopic (exact) mass is 283 g/mol. The number of hydrogen-bond acceptors (Lipinski definition) is 2. The molecule has 1 amide bonds. The lowest BCUT2D eigenvalue weighted by Crippen LogP contribution is -2.33. The molecule has 0 aliphatic carbocycles. The van der Waals surface area contributed by atoms with Gasteiger partial charge in [-0.15, -0.1) is 0 Å². The standard InChI is InChI=1S/C14H18ClNO3/c1-2-3-8-16(9-7-13(17)18)14(19)11-5-4-6-12(15)10-11/h4-6,10H,2-3,7-9H2,1H3,(H,17,18). The molecule has 1 N–H and O–H groups in total. The molecular weight excluding hydrogens is 266 g/mol. The zero-order chi connectivity index (χ0) is 14.3. The van der Waals surface area contributed by atoms with Crippen LogP contribution in [-0.2, 0) is 4.79 Å². The van der Waals surface area contributed by atoms with E-state index in [2.05, 4.69) is 0 Å². The molecule has 0 spiro atoms. The van der Waals surface area contributed by atoms with E-state index < -0.39 is 5.97 Å². The Morgan fingerprint density at radius 3 is 2.63 bits per heavy atom. The Morgan fingerprint density at radius 2 is 2.05 bits per heavy atom. The summed E-state index contributed by atoms with van der Waals surface area (Å²) in [5.41, 5.74) is 0.494. The zero-order valence-electron chi connectivity index (χ0n) is 10.9. The van der Waals surface area contributed by atoms with E-state index >= 15 is 0 Å². The third-order valence-corrected chi connectivity index (χ3v) is 2.97. The van der Waals surface area contributed by atoms with Crippen LogP contribution in [0.5, 0.6) is 0 Å². The summed E-state index contributed by atoms with van der Waals surface area (Å²) in [5, 5.41) is 9.22. The predicted molar refractivity (Wildman–Crippen MR) is 74.5 cm³/mol. The number of unbranched alkanes of at least 4 members (excludes halogenated alkanes) is 1. The fourth-order valence-electron chi connectivity index (χ4n) is 1.70. The van der Waals surface area contributed by atoms with Gasteiger partial charge in [0.15, 0.2) is 0 Å². The number of aliphatic carboxylic acids is 1. The van der Waals surface area contributed by atoms with Gasteiger partial charge in [0.2, 0.25) is 0 Å². The van der Waals surface area contributed by atoms with Gasteiger partial charge < -0.3 is 10.0 Å². The molecular formula is C14H18ClNO3. The highest BCUT2D eigenvalue weighted by Gasteiger charge is 2.16. The average molecular weight is 284 g/mol. The van der Waals surface area contributed by atoms with Gasteiger partial charge in [0.1, 0.15) is 0 Å². The number of benzene rings is 1. The number of hydrogen-bond donors (Lipinski definition) is 1. The fraction of sp³-hybridized carbons (Fsp3) is 0.429. The molecule has 1 aromatic carbocycles. The highest BCUT2D eigenvalue weighted by molar-refractivity contribution is 6.30. The molecule has 5 heteroatoms. The predicted octanol–water partition coefficient (Wildman–Crippen LogP) is 3.06. The Morgan fingerprint density at radius 1 is 1.32 bits per heavy atom. The van der Waals surface area contributed by atoms with Crippen molar-refractivity contribution in [3.63, 3.8) is 0 Å². The van der Waals surface area contributed by atoms with Crippen LogP contribution in [0.4, 0.5) is 0 Å². The van der Waals surface area contributed by atoms with Gasteiger partial charge >= 0.3 is 5.97 Å². The molecule has 0 heterocycles. The highest BCUT2D eigenvalue weighted by Crippen LogP contribution is 2.13. The van der Waals surface area contributed by atoms with Crippen LogP contribution in [0.25, 0.3) is 0 Å². The second kappa shape index (κ2) is 7.79. The summed E-state index contributed by atoms with van der Waals surface area (Å²) in [7, 11) is 0. The molecule has 0 aliphatic heterocycles. The number of rotatable bonds is 7. The largest absolute Gasteiger partial charge is 0.481 e. The summed E-state index contributed by atoms with van der Waals surface area (Å²) < 4.78 is 0. The third-order valence-electron chi connectivity index (χ3n) is 2.74. The van der Waals surface area contributed by atoms with Crippen LogP contribution in [0, 0.1) is 0 Å². The summed E-state index contributed by atoms with van der Waals surface area (Å²) in [5.74, 6) is -1.07. The van der Waals surface area contributed by atoms with Crippen molar-refractivity contribution in [3.05, 3.63) is 34.9 Å². The lowest BCUT2D eigenvalue weighted by molar-refractivity contribution is -0.137. The first-order chi connectivity index (χ1) is 9.04. The second-order valence-electron chi connectivity index (χ2n) is 4.30. The first kappa shape index (κ1) is 15.5. The van der Waals surface area contributed by atoms with E-state index in [9.17, 15) is 9.59 Å². The number of nitrogens with zero attached hydrogens (tertiary/aromatic N) is 1. The van der Waals surface area contributed by atoms with E-state index in [4.69, 9.17) is 16.7 Å². The van der Waals surface area contributed by atoms with Crippen molar-refractivity contribution in [2.45, 2.75) is 26.2 Å². The lowest BCUT2D eigenvalue weighted by Gasteiger charge is -2.22. The summed E-state index contributed by atoms with van der Waals surface area (Å²) >= 11 is 5.86. The highest BCUT2D eigenvalue weighted by atomic mass is 35.5. The zero-order valence-corrected chi connectivity index (χ0v) is 11.7. The molecule has 0 saturated heterocycles. The topological polar surface area (TPSA) is 57.6 Å². The summed E-state index contributed by atoms with van der Waals surface area (Å²) in [6, 6.07) is 6.70. The van der Waals surface area contributed by atoms with Crippen molar-refractivity contribution in [2.24, 2.45) is 0 Å². The van der Waals surface area contributed by atoms with E-state index in [1.807, 2.05) is 6.92 Å². The lowest BCUT2D eigenvalue weighted by atomic mass is 10.2. The van der Waals surface area contributed by atoms with Crippen LogP contribution in [0.3, 0.4) is 0 Å². The molecule has 0 unspecified atom stereocenters. The van der Waals surface area contributed by atoms with Gasteiger partial charge in [-0.05, 0) is 24.6 Å². The Hall–Kier alpha value is -1.55. The molecule has 1 aromatic rings. The van der Waals surface area contributed by atoms with Crippen molar-refractivity contribution in [1.29, 1.82) is 0 Å². The minimum atomic E-state index is -0.902. The van der Waals surface area contributed by atoms with E-state index in [0.717, 1.165) is 12.8 Å². The Balaban J connectivity index is 2.77. The van der Waals surface area contributed by atoms with Crippen LogP contribution < -0.4 is 0 Å². The molecule has 0 fully saturated rings. The minimum absolute atomic E-state index is 0.0456. The Kier molecular flexibility index (Phi) is 6.36. The Labute approximate surface area is 118 Å². The number of carbonyl (C=O) groups excluding carboxylic acids is 1. The number of carboxylic acid groups (broad SMARTS) is 1. The third kappa shape index (κ3) is 5.30. The van der Waals surface area contributed by atoms with Crippen molar-refractivity contribution < 1.29 is 14.7 Å². The van der Waals surface area contributed by atoms with Gasteiger partial charge in [0.05, 0.1) is 6.42 Å². The van der Waals surface area contributed by atoms with Crippen LogP contribution in [0.1, 0.15) is 36.5 Å². The number of carbonyl (C=O) groups is 2. The minimum Gasteiger partial charge on any atom is -0.481 e. The van der Waals surface area contributed by atoms with E-state index in [1.54, 1.807) is 29.2 Å². The van der Waals surface area contributed by atoms with E-state index in [1.165, 1.54) is 0 Å². The fourth-order valence-corrected chi connectivity index (χ4v) is 1.89. The molecule has 0 bridgehead atoms. The first-order valence-corrected chi connectivity index (χ1v) is 6.69. The maximum Gasteiger partial charge on any atom is 0.305 e. The van der Waals surface area contributed by atoms with Gasteiger partial charge in [-0.2, -0.15) is 0 Å². The quantitative estimate of drug-likeness (QED) is 0.837. The molecule has 0 atom stereocenters. The first-order valence-electron chi connectivity index (χ1n) is 6.31. The summed E-state index contributed by atoms with van der Waals surface area (Å²) in [4.78, 5) is 24.5. The number of halogens is 1. The van der Waals surface area contributed by atoms with Gasteiger partial charge in [-0.3, -0.25) is 9.59 Å². The van der Waals surface area contributed by atoms with Crippen LogP contribution in [0.15, 0.2) is 24.3 Å². The van der Waals surface area contributed by atoms with Crippen molar-refractivity contribution >= 4 is 23.5 Å². The van der Waals surface area contributed by atoms with E-state index in [-0.39, 0.29) is 18.9 Å². The normalized spacial score (nSPS) is 10.2. The van der Waals surface area contributed by atoms with Gasteiger partial charge in [-0.25, -0.2) is 0 Å². The molecule has 0 radical (unpaired) electrons. The molecule has 19 heavy (non-hydrogen) atoms. The van der Waals surface area contributed by atoms with Gasteiger partial charge in [-0.1, -0.05) is 31.0 Å². The van der Waals surface area contributed by atoms with Gasteiger partial charge in [0, 0.05) is 23.7 Å². The maximum atomic E-state index is 12.3. The average Bonchev–Trinajstić information content (AvgIpc) is 2.38. The summed E-state index contributed by atoms with van der Waals surface area (Å²) in [6.07, 6.45) is 1.76. The van der Waals surface area contributed by atoms with Crippen LogP contribution >= 0.6 is 11.6 Å². The van der Waals surface area contributed by atoms with E-state index in [0.29, 0.717) is 17.1 Å². The molecule has 4 nitrogen and oxygen atoms in total. The van der Waals surface area contributed by atoms with Crippen molar-refractivity contribution in [3.8, 4) is 0 Å². The maximum absolute atomic E-state index is 12.3. The van der Waals surface area contributed by atoms with Crippen molar-refractivity contribution in [2.75, 3.05) is 13.1 Å². The molecule has 104 valence electrons. The SMILES string of the molecule is CCCCN(CCC(=O)O)C(=O)c1cccc(Cl)c1. The second-order valence-corrected chi connectivity index (χ2v) is 4.74. The summed E-state index contributed by atoms with van der Waals surface area (Å²) in [6.45, 7) is 2.81. The molecule has 0 aromatic heterocycles. The number of carboxylic acids is 1. The van der Waals surface area contributed by atoms with Crippen LogP contribution in [0.2, 0.25) is 5.02 Å². The molecule has 0 saturated carbocycles. The van der Waals surface area contributed by atoms with Crippen molar-refractivity contribution in [1.82, 2.24) is 4.90 Å². The smallest absolute Gasteiger partial charge is 0.305 e. The number of amides is 1.